The van der Waals surface area contributed by atoms with Crippen molar-refractivity contribution in [2.24, 2.45) is 11.8 Å². The summed E-state index contributed by atoms with van der Waals surface area (Å²) in [4.78, 5) is 25.6. The fraction of sp³-hybridized carbons (Fsp3) is 0.471. The summed E-state index contributed by atoms with van der Waals surface area (Å²) in [7, 11) is 0. The Kier molecular flexibility index (Phi) is 6.21. The van der Waals surface area contributed by atoms with E-state index in [9.17, 15) is 10.1 Å². The van der Waals surface area contributed by atoms with Gasteiger partial charge >= 0.3 is 5.69 Å². The maximum Gasteiger partial charge on any atom is 0.353 e. The van der Waals surface area contributed by atoms with Crippen LogP contribution in [0.15, 0.2) is 30.9 Å². The zero-order chi connectivity index (χ0) is 18.4. The van der Waals surface area contributed by atoms with Gasteiger partial charge in [-0.1, -0.05) is 27.7 Å². The summed E-state index contributed by atoms with van der Waals surface area (Å²) in [5, 5.41) is 14.8. The van der Waals surface area contributed by atoms with Crippen LogP contribution >= 0.6 is 0 Å². The Morgan fingerprint density at radius 3 is 2.24 bits per heavy atom. The summed E-state index contributed by atoms with van der Waals surface area (Å²) in [6.45, 7) is 9.69. The van der Waals surface area contributed by atoms with Crippen LogP contribution < -0.4 is 10.2 Å². The van der Waals surface area contributed by atoms with E-state index in [2.05, 4.69) is 48.0 Å². The first-order valence-corrected chi connectivity index (χ1v) is 8.29. The van der Waals surface area contributed by atoms with Crippen LogP contribution in [0.2, 0.25) is 0 Å². The van der Waals surface area contributed by atoms with E-state index in [0.717, 1.165) is 0 Å². The number of nitrogens with one attached hydrogen (secondary N) is 1. The van der Waals surface area contributed by atoms with E-state index in [1.807, 2.05) is 4.90 Å². The lowest BCUT2D eigenvalue weighted by Crippen LogP contribution is -2.32. The van der Waals surface area contributed by atoms with Crippen molar-refractivity contribution in [3.63, 3.8) is 0 Å². The normalized spacial score (nSPS) is 11.0. The van der Waals surface area contributed by atoms with Crippen LogP contribution in [0.25, 0.3) is 0 Å². The summed E-state index contributed by atoms with van der Waals surface area (Å²) < 4.78 is 0. The van der Waals surface area contributed by atoms with Gasteiger partial charge in [-0.25, -0.2) is 9.97 Å². The van der Waals surface area contributed by atoms with Gasteiger partial charge in [-0.05, 0) is 24.0 Å². The van der Waals surface area contributed by atoms with Crippen LogP contribution in [0.1, 0.15) is 27.7 Å². The van der Waals surface area contributed by atoms with Crippen molar-refractivity contribution in [1.29, 1.82) is 0 Å². The van der Waals surface area contributed by atoms with Crippen molar-refractivity contribution >= 4 is 23.0 Å². The molecule has 0 spiro atoms. The smallest absolute Gasteiger partial charge is 0.350 e. The quantitative estimate of drug-likeness (QED) is 0.576. The molecule has 0 aliphatic carbocycles. The highest BCUT2D eigenvalue weighted by molar-refractivity contribution is 5.74. The van der Waals surface area contributed by atoms with Crippen molar-refractivity contribution in [2.45, 2.75) is 27.7 Å². The second-order valence-corrected chi connectivity index (χ2v) is 6.71. The molecule has 0 aliphatic rings. The van der Waals surface area contributed by atoms with Crippen LogP contribution in [-0.2, 0) is 0 Å². The first kappa shape index (κ1) is 18.6. The van der Waals surface area contributed by atoms with Gasteiger partial charge in [0, 0.05) is 31.2 Å². The molecule has 8 nitrogen and oxygen atoms in total. The predicted octanol–water partition coefficient (Wildman–Crippen LogP) is 3.64. The summed E-state index contributed by atoms with van der Waals surface area (Å²) >= 11 is 0. The molecule has 2 aromatic heterocycles. The molecule has 0 bridgehead atoms. The van der Waals surface area contributed by atoms with Gasteiger partial charge in [0.05, 0.1) is 4.92 Å². The Morgan fingerprint density at radius 2 is 1.72 bits per heavy atom. The van der Waals surface area contributed by atoms with Gasteiger partial charge in [0.25, 0.3) is 0 Å². The molecule has 2 aromatic rings. The van der Waals surface area contributed by atoms with Gasteiger partial charge in [0.15, 0.2) is 0 Å². The molecule has 134 valence electrons. The summed E-state index contributed by atoms with van der Waals surface area (Å²) in [6.07, 6.45) is 4.58. The summed E-state index contributed by atoms with van der Waals surface area (Å²) in [6, 6.07) is 3.46. The molecule has 0 unspecified atom stereocenters. The third kappa shape index (κ3) is 5.10. The molecule has 1 N–H and O–H groups in total. The lowest BCUT2D eigenvalue weighted by molar-refractivity contribution is -0.383. The Morgan fingerprint density at radius 1 is 1.12 bits per heavy atom. The zero-order valence-electron chi connectivity index (χ0n) is 15.0. The molecular weight excluding hydrogens is 320 g/mol. The topological polar surface area (TPSA) is 97.1 Å². The SMILES string of the molecule is CC(C)CN(CC(C)C)c1ncnc(Nc2ccncc2)c1[N+](=O)[O-]. The van der Waals surface area contributed by atoms with Gasteiger partial charge in [0.2, 0.25) is 11.6 Å². The van der Waals surface area contributed by atoms with E-state index in [4.69, 9.17) is 0 Å². The highest BCUT2D eigenvalue weighted by atomic mass is 16.6. The van der Waals surface area contributed by atoms with E-state index in [-0.39, 0.29) is 11.5 Å². The Balaban J connectivity index is 2.45. The molecule has 0 amide bonds. The van der Waals surface area contributed by atoms with Crippen molar-refractivity contribution in [1.82, 2.24) is 15.0 Å². The minimum absolute atomic E-state index is 0.111. The van der Waals surface area contributed by atoms with Crippen molar-refractivity contribution < 1.29 is 4.92 Å². The fourth-order valence-corrected chi connectivity index (χ4v) is 2.56. The average molecular weight is 344 g/mol. The number of nitrogens with zero attached hydrogens (tertiary/aromatic N) is 5. The van der Waals surface area contributed by atoms with Crippen LogP contribution in [0.3, 0.4) is 0 Å². The van der Waals surface area contributed by atoms with Crippen LogP contribution in [0.5, 0.6) is 0 Å². The lowest BCUT2D eigenvalue weighted by Gasteiger charge is -2.27. The molecule has 2 heterocycles. The molecular formula is C17H24N6O2. The second kappa shape index (κ2) is 8.36. The van der Waals surface area contributed by atoms with E-state index < -0.39 is 4.92 Å². The number of rotatable bonds is 8. The molecule has 0 fully saturated rings. The molecule has 0 atom stereocenters. The van der Waals surface area contributed by atoms with E-state index in [1.165, 1.54) is 6.33 Å². The maximum atomic E-state index is 11.8. The molecule has 2 rings (SSSR count). The number of hydrogen-bond donors (Lipinski definition) is 1. The number of nitro groups is 1. The summed E-state index contributed by atoms with van der Waals surface area (Å²) in [5.41, 5.74) is 0.572. The monoisotopic (exact) mass is 344 g/mol. The van der Waals surface area contributed by atoms with Crippen molar-refractivity contribution in [3.05, 3.63) is 41.0 Å². The first-order valence-electron chi connectivity index (χ1n) is 8.29. The summed E-state index contributed by atoms with van der Waals surface area (Å²) in [5.74, 6) is 1.23. The molecule has 0 saturated carbocycles. The van der Waals surface area contributed by atoms with Gasteiger partial charge in [-0.15, -0.1) is 0 Å². The number of anilines is 3. The van der Waals surface area contributed by atoms with Gasteiger partial charge in [-0.3, -0.25) is 15.1 Å². The molecule has 8 heteroatoms. The molecule has 0 saturated heterocycles. The molecule has 0 aromatic carbocycles. The lowest BCUT2D eigenvalue weighted by atomic mass is 10.1. The largest absolute Gasteiger partial charge is 0.353 e. The zero-order valence-corrected chi connectivity index (χ0v) is 15.0. The van der Waals surface area contributed by atoms with Crippen molar-refractivity contribution in [3.8, 4) is 0 Å². The molecule has 25 heavy (non-hydrogen) atoms. The Bertz CT molecular complexity index is 696. The van der Waals surface area contributed by atoms with Crippen LogP contribution in [0, 0.1) is 22.0 Å². The number of hydrogen-bond acceptors (Lipinski definition) is 7. The Labute approximate surface area is 147 Å². The second-order valence-electron chi connectivity index (χ2n) is 6.71. The van der Waals surface area contributed by atoms with Gasteiger partial charge in [0.1, 0.15) is 6.33 Å². The molecule has 0 radical (unpaired) electrons. The standard InChI is InChI=1S/C17H24N6O2/c1-12(2)9-22(10-13(3)4)17-15(23(24)25)16(19-11-20-17)21-14-5-7-18-8-6-14/h5-8,11-13H,9-10H2,1-4H3,(H,18,19,20,21). The average Bonchev–Trinajstić information content (AvgIpc) is 2.54. The third-order valence-electron chi connectivity index (χ3n) is 3.40. The minimum Gasteiger partial charge on any atom is -0.350 e. The van der Waals surface area contributed by atoms with Gasteiger partial charge < -0.3 is 10.2 Å². The first-order chi connectivity index (χ1) is 11.9. The van der Waals surface area contributed by atoms with E-state index >= 15 is 0 Å². The number of aromatic nitrogens is 3. The Hall–Kier alpha value is -2.77. The van der Waals surface area contributed by atoms with Crippen LogP contribution in [-0.4, -0.2) is 33.0 Å². The van der Waals surface area contributed by atoms with E-state index in [1.54, 1.807) is 24.5 Å². The maximum absolute atomic E-state index is 11.8. The predicted molar refractivity (Wildman–Crippen MR) is 98.1 cm³/mol. The van der Waals surface area contributed by atoms with E-state index in [0.29, 0.717) is 36.4 Å². The number of pyridine rings is 1. The highest BCUT2D eigenvalue weighted by Crippen LogP contribution is 2.34. The van der Waals surface area contributed by atoms with Crippen molar-refractivity contribution in [2.75, 3.05) is 23.3 Å². The fourth-order valence-electron chi connectivity index (χ4n) is 2.56. The molecule has 0 aliphatic heterocycles. The van der Waals surface area contributed by atoms with Gasteiger partial charge in [-0.2, -0.15) is 0 Å². The van der Waals surface area contributed by atoms with Crippen LogP contribution in [0.4, 0.5) is 23.0 Å². The minimum atomic E-state index is -0.424. The highest BCUT2D eigenvalue weighted by Gasteiger charge is 2.28. The third-order valence-corrected chi connectivity index (χ3v) is 3.40.